The molecule has 0 spiro atoms. The fourth-order valence-electron chi connectivity index (χ4n) is 3.33. The number of hydrogen-bond donors (Lipinski definition) is 2. The third-order valence-electron chi connectivity index (χ3n) is 5.02. The first-order chi connectivity index (χ1) is 15.9. The van der Waals surface area contributed by atoms with E-state index in [0.717, 1.165) is 22.5 Å². The molecule has 0 aliphatic rings. The third kappa shape index (κ3) is 5.01. The zero-order valence-corrected chi connectivity index (χ0v) is 19.4. The molecular weight excluding hydrogens is 459 g/mol. The van der Waals surface area contributed by atoms with Crippen LogP contribution in [0.1, 0.15) is 12.0 Å². The van der Waals surface area contributed by atoms with E-state index in [1.165, 1.54) is 12.1 Å². The molecule has 0 unspecified atom stereocenters. The van der Waals surface area contributed by atoms with Crippen LogP contribution in [0, 0.1) is 11.3 Å². The maximum absolute atomic E-state index is 12.5. The summed E-state index contributed by atoms with van der Waals surface area (Å²) in [6.45, 7) is 0.733. The SMILES string of the molecule is Bc1cnn2c(NCCCNS(=O)(=O)c3cccc(C#N)c3)cc(-c3ccccc3Cl)nc12. The van der Waals surface area contributed by atoms with Crippen LogP contribution < -0.4 is 15.5 Å². The fourth-order valence-corrected chi connectivity index (χ4v) is 4.69. The predicted molar refractivity (Wildman–Crippen MR) is 131 cm³/mol. The minimum absolute atomic E-state index is 0.0711. The number of rotatable bonds is 8. The van der Waals surface area contributed by atoms with E-state index in [9.17, 15) is 8.42 Å². The van der Waals surface area contributed by atoms with Crippen LogP contribution in [0.15, 0.2) is 65.7 Å². The van der Waals surface area contributed by atoms with Gasteiger partial charge in [0.25, 0.3) is 0 Å². The minimum atomic E-state index is -3.69. The number of halogens is 1. The average molecular weight is 479 g/mol. The summed E-state index contributed by atoms with van der Waals surface area (Å²) >= 11 is 6.37. The van der Waals surface area contributed by atoms with Crippen LogP contribution in [0.25, 0.3) is 16.9 Å². The van der Waals surface area contributed by atoms with Crippen molar-refractivity contribution in [3.63, 3.8) is 0 Å². The first-order valence-electron chi connectivity index (χ1n) is 10.2. The number of fused-ring (bicyclic) bond motifs is 1. The molecule has 11 heteroatoms. The number of nitriles is 1. The number of aromatic nitrogens is 3. The van der Waals surface area contributed by atoms with Crippen LogP contribution >= 0.6 is 11.6 Å². The maximum atomic E-state index is 12.5. The van der Waals surface area contributed by atoms with Gasteiger partial charge in [-0.3, -0.25) is 0 Å². The zero-order valence-electron chi connectivity index (χ0n) is 17.8. The summed E-state index contributed by atoms with van der Waals surface area (Å²) in [4.78, 5) is 4.78. The normalized spacial score (nSPS) is 11.4. The smallest absolute Gasteiger partial charge is 0.240 e. The monoisotopic (exact) mass is 478 g/mol. The molecule has 2 aromatic heterocycles. The van der Waals surface area contributed by atoms with Crippen LogP contribution in [0.5, 0.6) is 0 Å². The summed E-state index contributed by atoms with van der Waals surface area (Å²) in [5, 5.41) is 17.3. The van der Waals surface area contributed by atoms with Crippen LogP contribution in [0.3, 0.4) is 0 Å². The van der Waals surface area contributed by atoms with E-state index in [0.29, 0.717) is 29.2 Å². The van der Waals surface area contributed by atoms with Gasteiger partial charge in [-0.2, -0.15) is 14.9 Å². The second-order valence-corrected chi connectivity index (χ2v) is 9.56. The molecule has 8 nitrogen and oxygen atoms in total. The molecule has 0 saturated heterocycles. The Balaban J connectivity index is 1.45. The summed E-state index contributed by atoms with van der Waals surface area (Å²) in [7, 11) is -1.75. The van der Waals surface area contributed by atoms with E-state index in [1.807, 2.05) is 44.2 Å². The van der Waals surface area contributed by atoms with Crippen molar-refractivity contribution in [2.75, 3.05) is 18.4 Å². The van der Waals surface area contributed by atoms with Crippen LogP contribution in [0.2, 0.25) is 5.02 Å². The number of sulfonamides is 1. The van der Waals surface area contributed by atoms with E-state index in [1.54, 1.807) is 22.8 Å². The quantitative estimate of drug-likeness (QED) is 0.296. The van der Waals surface area contributed by atoms with E-state index < -0.39 is 10.0 Å². The van der Waals surface area contributed by atoms with Crippen molar-refractivity contribution in [3.05, 3.63) is 71.4 Å². The Morgan fingerprint density at radius 1 is 1.12 bits per heavy atom. The van der Waals surface area contributed by atoms with Gasteiger partial charge in [-0.25, -0.2) is 18.1 Å². The number of nitrogens with one attached hydrogen (secondary N) is 2. The molecular formula is C22H20BClN6O2S. The highest BCUT2D eigenvalue weighted by molar-refractivity contribution is 7.89. The fraction of sp³-hybridized carbons (Fsp3) is 0.136. The first-order valence-corrected chi connectivity index (χ1v) is 12.1. The summed E-state index contributed by atoms with van der Waals surface area (Å²) in [5.74, 6) is 0.729. The minimum Gasteiger partial charge on any atom is -0.370 e. The van der Waals surface area contributed by atoms with Gasteiger partial charge in [0, 0.05) is 35.9 Å². The van der Waals surface area contributed by atoms with E-state index in [4.69, 9.17) is 21.8 Å². The number of anilines is 1. The molecule has 33 heavy (non-hydrogen) atoms. The molecule has 4 aromatic rings. The van der Waals surface area contributed by atoms with Gasteiger partial charge in [0.05, 0.1) is 22.2 Å². The lowest BCUT2D eigenvalue weighted by Gasteiger charge is -2.12. The van der Waals surface area contributed by atoms with Crippen molar-refractivity contribution >= 4 is 46.4 Å². The molecule has 0 amide bonds. The highest BCUT2D eigenvalue weighted by Gasteiger charge is 2.15. The molecule has 2 aromatic carbocycles. The summed E-state index contributed by atoms with van der Waals surface area (Å²) < 4.78 is 29.2. The number of nitrogens with zero attached hydrogens (tertiary/aromatic N) is 4. The Morgan fingerprint density at radius 3 is 2.73 bits per heavy atom. The molecule has 0 radical (unpaired) electrons. The molecule has 2 N–H and O–H groups in total. The first kappa shape index (κ1) is 22.8. The topological polar surface area (TPSA) is 112 Å². The largest absolute Gasteiger partial charge is 0.370 e. The molecule has 4 rings (SSSR count). The molecule has 2 heterocycles. The van der Waals surface area contributed by atoms with Crippen LogP contribution in [0.4, 0.5) is 5.82 Å². The van der Waals surface area contributed by atoms with Gasteiger partial charge in [0.2, 0.25) is 10.0 Å². The lowest BCUT2D eigenvalue weighted by molar-refractivity contribution is 0.580. The molecule has 0 aliphatic heterocycles. The molecule has 0 saturated carbocycles. The second kappa shape index (κ2) is 9.62. The van der Waals surface area contributed by atoms with Gasteiger partial charge < -0.3 is 5.32 Å². The number of benzene rings is 2. The predicted octanol–water partition coefficient (Wildman–Crippen LogP) is 1.96. The van der Waals surface area contributed by atoms with Crippen molar-refractivity contribution < 1.29 is 8.42 Å². The van der Waals surface area contributed by atoms with Gasteiger partial charge in [0.15, 0.2) is 5.65 Å². The van der Waals surface area contributed by atoms with E-state index in [-0.39, 0.29) is 11.4 Å². The zero-order chi connectivity index (χ0) is 23.4. The molecule has 0 fully saturated rings. The molecule has 166 valence electrons. The van der Waals surface area contributed by atoms with Gasteiger partial charge in [-0.05, 0) is 36.1 Å². The second-order valence-electron chi connectivity index (χ2n) is 7.39. The highest BCUT2D eigenvalue weighted by atomic mass is 35.5. The summed E-state index contributed by atoms with van der Waals surface area (Å²) in [5.41, 5.74) is 3.48. The van der Waals surface area contributed by atoms with Gasteiger partial charge >= 0.3 is 0 Å². The Labute approximate surface area is 197 Å². The molecule has 0 aliphatic carbocycles. The summed E-state index contributed by atoms with van der Waals surface area (Å²) in [6, 6.07) is 17.2. The Hall–Kier alpha value is -3.39. The van der Waals surface area contributed by atoms with Crippen molar-refractivity contribution in [1.82, 2.24) is 19.3 Å². The van der Waals surface area contributed by atoms with Gasteiger partial charge in [-0.1, -0.05) is 35.9 Å². The Bertz CT molecular complexity index is 1470. The Morgan fingerprint density at radius 2 is 1.94 bits per heavy atom. The standard InChI is InChI=1S/C22H20BClN6O2S/c23-18-14-27-30-21(12-20(29-22(18)30)17-7-1-2-8-19(17)24)26-9-4-10-28-33(31,32)16-6-3-5-15(11-16)13-25/h1-3,5-8,11-12,14,26,28H,4,9-10,23H2. The van der Waals surface area contributed by atoms with Crippen LogP contribution in [-0.2, 0) is 10.0 Å². The van der Waals surface area contributed by atoms with E-state index in [2.05, 4.69) is 15.1 Å². The number of hydrogen-bond acceptors (Lipinski definition) is 6. The lowest BCUT2D eigenvalue weighted by Crippen LogP contribution is -2.26. The van der Waals surface area contributed by atoms with E-state index >= 15 is 0 Å². The summed E-state index contributed by atoms with van der Waals surface area (Å²) in [6.07, 6.45) is 2.27. The van der Waals surface area contributed by atoms with Crippen molar-refractivity contribution in [2.24, 2.45) is 0 Å². The molecule has 0 atom stereocenters. The van der Waals surface area contributed by atoms with Crippen LogP contribution in [-0.4, -0.2) is 44.0 Å². The molecule has 0 bridgehead atoms. The third-order valence-corrected chi connectivity index (χ3v) is 6.81. The van der Waals surface area contributed by atoms with Crippen molar-refractivity contribution in [1.29, 1.82) is 5.26 Å². The van der Waals surface area contributed by atoms with Crippen molar-refractivity contribution in [2.45, 2.75) is 11.3 Å². The van der Waals surface area contributed by atoms with Crippen molar-refractivity contribution in [3.8, 4) is 17.3 Å². The lowest BCUT2D eigenvalue weighted by atomic mass is 10.0. The van der Waals surface area contributed by atoms with Gasteiger partial charge in [-0.15, -0.1) is 0 Å². The van der Waals surface area contributed by atoms with Gasteiger partial charge in [0.1, 0.15) is 13.7 Å². The Kier molecular flexibility index (Phi) is 6.65. The highest BCUT2D eigenvalue weighted by Crippen LogP contribution is 2.28. The average Bonchev–Trinajstić information content (AvgIpc) is 3.20. The maximum Gasteiger partial charge on any atom is 0.240 e.